The second kappa shape index (κ2) is 3.66. The largest absolute Gasteiger partial charge is 0.395 e. The molecule has 5 heteroatoms. The molecule has 0 bridgehead atoms. The van der Waals surface area contributed by atoms with E-state index in [-0.39, 0.29) is 19.2 Å². The lowest BCUT2D eigenvalue weighted by Crippen LogP contribution is -2.52. The Kier molecular flexibility index (Phi) is 2.81. The van der Waals surface area contributed by atoms with E-state index in [1.165, 1.54) is 4.90 Å². The standard InChI is InChI=1S/C6H12N2O3/c9-2-5-1-7-3-8(4-10)6(5)11/h5,7,9-10H,1-4H2. The molecular formula is C6H12N2O3. The maximum atomic E-state index is 11.2. The molecule has 0 radical (unpaired) electrons. The first-order valence-corrected chi connectivity index (χ1v) is 3.50. The second-order valence-corrected chi connectivity index (χ2v) is 2.51. The van der Waals surface area contributed by atoms with Gasteiger partial charge in [0.1, 0.15) is 6.73 Å². The van der Waals surface area contributed by atoms with E-state index in [1.54, 1.807) is 0 Å². The van der Waals surface area contributed by atoms with E-state index >= 15 is 0 Å². The molecule has 1 fully saturated rings. The van der Waals surface area contributed by atoms with Gasteiger partial charge in [0.05, 0.1) is 19.2 Å². The Morgan fingerprint density at radius 3 is 2.91 bits per heavy atom. The van der Waals surface area contributed by atoms with Crippen LogP contribution in [0.5, 0.6) is 0 Å². The highest BCUT2D eigenvalue weighted by atomic mass is 16.3. The molecule has 0 aliphatic carbocycles. The van der Waals surface area contributed by atoms with Gasteiger partial charge in [-0.05, 0) is 0 Å². The monoisotopic (exact) mass is 160 g/mol. The van der Waals surface area contributed by atoms with Crippen molar-refractivity contribution in [3.05, 3.63) is 0 Å². The van der Waals surface area contributed by atoms with Gasteiger partial charge < -0.3 is 15.1 Å². The molecule has 0 aromatic carbocycles. The number of carbonyl (C=O) groups is 1. The van der Waals surface area contributed by atoms with Gasteiger partial charge in [0.15, 0.2) is 0 Å². The Morgan fingerprint density at radius 2 is 2.36 bits per heavy atom. The fraction of sp³-hybridized carbons (Fsp3) is 0.833. The molecule has 5 nitrogen and oxygen atoms in total. The Morgan fingerprint density at radius 1 is 1.64 bits per heavy atom. The molecular weight excluding hydrogens is 148 g/mol. The Balaban J connectivity index is 2.52. The average Bonchev–Trinajstić information content (AvgIpc) is 2.05. The lowest BCUT2D eigenvalue weighted by Gasteiger charge is -2.30. The van der Waals surface area contributed by atoms with Gasteiger partial charge in [-0.1, -0.05) is 0 Å². The predicted molar refractivity (Wildman–Crippen MR) is 37.4 cm³/mol. The summed E-state index contributed by atoms with van der Waals surface area (Å²) in [7, 11) is 0. The van der Waals surface area contributed by atoms with E-state index in [4.69, 9.17) is 10.2 Å². The SMILES string of the molecule is O=C1C(CO)CNCN1CO. The lowest BCUT2D eigenvalue weighted by molar-refractivity contribution is -0.144. The maximum Gasteiger partial charge on any atom is 0.232 e. The van der Waals surface area contributed by atoms with Crippen LogP contribution in [0.2, 0.25) is 0 Å². The molecule has 1 atom stereocenters. The number of carbonyl (C=O) groups excluding carboxylic acids is 1. The van der Waals surface area contributed by atoms with Crippen LogP contribution in [-0.4, -0.2) is 47.6 Å². The molecule has 1 rings (SSSR count). The predicted octanol–water partition coefficient (Wildman–Crippen LogP) is -2.07. The quantitative estimate of drug-likeness (QED) is 0.434. The molecule has 1 aliphatic rings. The number of amides is 1. The van der Waals surface area contributed by atoms with Gasteiger partial charge in [0, 0.05) is 6.54 Å². The third-order valence-corrected chi connectivity index (χ3v) is 1.75. The Bertz CT molecular complexity index is 137. The summed E-state index contributed by atoms with van der Waals surface area (Å²) >= 11 is 0. The van der Waals surface area contributed by atoms with E-state index in [9.17, 15) is 4.79 Å². The van der Waals surface area contributed by atoms with Gasteiger partial charge in [-0.2, -0.15) is 0 Å². The number of aliphatic hydroxyl groups is 2. The van der Waals surface area contributed by atoms with Crippen molar-refractivity contribution >= 4 is 5.91 Å². The van der Waals surface area contributed by atoms with Crippen molar-refractivity contribution in [3.8, 4) is 0 Å². The van der Waals surface area contributed by atoms with E-state index in [0.717, 1.165) is 0 Å². The minimum Gasteiger partial charge on any atom is -0.395 e. The van der Waals surface area contributed by atoms with Crippen molar-refractivity contribution < 1.29 is 15.0 Å². The van der Waals surface area contributed by atoms with Crippen LogP contribution in [0.3, 0.4) is 0 Å². The summed E-state index contributed by atoms with van der Waals surface area (Å²) in [4.78, 5) is 12.4. The van der Waals surface area contributed by atoms with Gasteiger partial charge in [-0.3, -0.25) is 10.1 Å². The summed E-state index contributed by atoms with van der Waals surface area (Å²) < 4.78 is 0. The summed E-state index contributed by atoms with van der Waals surface area (Å²) in [5, 5.41) is 20.3. The lowest BCUT2D eigenvalue weighted by atomic mass is 10.1. The molecule has 11 heavy (non-hydrogen) atoms. The molecule has 0 saturated carbocycles. The van der Waals surface area contributed by atoms with Crippen LogP contribution >= 0.6 is 0 Å². The number of rotatable bonds is 2. The average molecular weight is 160 g/mol. The summed E-state index contributed by atoms with van der Waals surface area (Å²) in [6.45, 7) is 0.405. The molecule has 1 saturated heterocycles. The van der Waals surface area contributed by atoms with Crippen LogP contribution in [0.15, 0.2) is 0 Å². The summed E-state index contributed by atoms with van der Waals surface area (Å²) in [5.41, 5.74) is 0. The van der Waals surface area contributed by atoms with E-state index in [1.807, 2.05) is 0 Å². The number of aliphatic hydroxyl groups excluding tert-OH is 2. The van der Waals surface area contributed by atoms with Gasteiger partial charge in [-0.15, -0.1) is 0 Å². The first-order valence-electron chi connectivity index (χ1n) is 3.50. The highest BCUT2D eigenvalue weighted by Gasteiger charge is 2.26. The third kappa shape index (κ3) is 1.68. The fourth-order valence-corrected chi connectivity index (χ4v) is 1.06. The smallest absolute Gasteiger partial charge is 0.232 e. The Labute approximate surface area is 64.6 Å². The highest BCUT2D eigenvalue weighted by molar-refractivity contribution is 5.79. The third-order valence-electron chi connectivity index (χ3n) is 1.75. The zero-order chi connectivity index (χ0) is 8.27. The van der Waals surface area contributed by atoms with Crippen LogP contribution in [0.25, 0.3) is 0 Å². The van der Waals surface area contributed by atoms with Gasteiger partial charge in [0.2, 0.25) is 5.91 Å². The Hall–Kier alpha value is -0.650. The van der Waals surface area contributed by atoms with E-state index in [0.29, 0.717) is 13.2 Å². The topological polar surface area (TPSA) is 72.8 Å². The minimum absolute atomic E-state index is 0.164. The van der Waals surface area contributed by atoms with Gasteiger partial charge in [-0.25, -0.2) is 0 Å². The van der Waals surface area contributed by atoms with Crippen LogP contribution in [0.1, 0.15) is 0 Å². The number of nitrogens with zero attached hydrogens (tertiary/aromatic N) is 1. The van der Waals surface area contributed by atoms with Crippen molar-refractivity contribution in [1.82, 2.24) is 10.2 Å². The van der Waals surface area contributed by atoms with Crippen LogP contribution < -0.4 is 5.32 Å². The van der Waals surface area contributed by atoms with Crippen molar-refractivity contribution in [2.24, 2.45) is 5.92 Å². The zero-order valence-electron chi connectivity index (χ0n) is 6.16. The van der Waals surface area contributed by atoms with Gasteiger partial charge in [0.25, 0.3) is 0 Å². The molecule has 3 N–H and O–H groups in total. The van der Waals surface area contributed by atoms with Crippen molar-refractivity contribution in [2.45, 2.75) is 0 Å². The minimum atomic E-state index is -0.393. The van der Waals surface area contributed by atoms with Crippen LogP contribution in [-0.2, 0) is 4.79 Å². The molecule has 0 spiro atoms. The number of hydrogen-bond donors (Lipinski definition) is 3. The van der Waals surface area contributed by atoms with Crippen LogP contribution in [0, 0.1) is 5.92 Å². The number of hydrogen-bond acceptors (Lipinski definition) is 4. The second-order valence-electron chi connectivity index (χ2n) is 2.51. The van der Waals surface area contributed by atoms with Crippen molar-refractivity contribution in [1.29, 1.82) is 0 Å². The van der Waals surface area contributed by atoms with Crippen molar-refractivity contribution in [2.75, 3.05) is 26.6 Å². The summed E-state index contributed by atoms with van der Waals surface area (Å²) in [6.07, 6.45) is 0. The van der Waals surface area contributed by atoms with Gasteiger partial charge >= 0.3 is 0 Å². The molecule has 0 aromatic heterocycles. The first kappa shape index (κ1) is 8.45. The zero-order valence-corrected chi connectivity index (χ0v) is 6.16. The van der Waals surface area contributed by atoms with Crippen molar-refractivity contribution in [3.63, 3.8) is 0 Å². The molecule has 64 valence electrons. The molecule has 1 amide bonds. The van der Waals surface area contributed by atoms with E-state index in [2.05, 4.69) is 5.32 Å². The molecule has 1 aliphatic heterocycles. The molecule has 0 aromatic rings. The van der Waals surface area contributed by atoms with Crippen LogP contribution in [0.4, 0.5) is 0 Å². The fourth-order valence-electron chi connectivity index (χ4n) is 1.06. The summed E-state index contributed by atoms with van der Waals surface area (Å²) in [6, 6.07) is 0. The summed E-state index contributed by atoms with van der Waals surface area (Å²) in [5.74, 6) is -0.579. The van der Waals surface area contributed by atoms with E-state index < -0.39 is 5.92 Å². The maximum absolute atomic E-state index is 11.2. The number of nitrogens with one attached hydrogen (secondary N) is 1. The normalized spacial score (nSPS) is 25.8. The molecule has 1 unspecified atom stereocenters. The molecule has 1 heterocycles. The highest BCUT2D eigenvalue weighted by Crippen LogP contribution is 2.04. The first-order chi connectivity index (χ1) is 5.29.